The number of pyridine rings is 1. The number of hydrogen-bond acceptors (Lipinski definition) is 6. The first kappa shape index (κ1) is 22.5. The summed E-state index contributed by atoms with van der Waals surface area (Å²) in [6.45, 7) is 0.338. The molecule has 2 amide bonds. The highest BCUT2D eigenvalue weighted by molar-refractivity contribution is 5.97. The fourth-order valence-electron chi connectivity index (χ4n) is 2.89. The Hall–Kier alpha value is -4.20. The Kier molecular flexibility index (Phi) is 7.91. The molecule has 8 nitrogen and oxygen atoms in total. The van der Waals surface area contributed by atoms with Gasteiger partial charge in [-0.05, 0) is 35.9 Å². The number of esters is 1. The highest BCUT2D eigenvalue weighted by Crippen LogP contribution is 2.12. The van der Waals surface area contributed by atoms with E-state index in [9.17, 15) is 14.4 Å². The highest BCUT2D eigenvalue weighted by Gasteiger charge is 2.10. The Morgan fingerprint density at radius 1 is 0.938 bits per heavy atom. The number of benzene rings is 2. The van der Waals surface area contributed by atoms with Crippen LogP contribution in [0, 0.1) is 0 Å². The van der Waals surface area contributed by atoms with Crippen LogP contribution in [0.15, 0.2) is 72.8 Å². The van der Waals surface area contributed by atoms with Crippen molar-refractivity contribution in [2.75, 3.05) is 17.6 Å². The molecule has 3 aromatic rings. The summed E-state index contributed by atoms with van der Waals surface area (Å²) in [6.07, 6.45) is 0.120. The van der Waals surface area contributed by atoms with E-state index < -0.39 is 5.97 Å². The van der Waals surface area contributed by atoms with Gasteiger partial charge in [-0.3, -0.25) is 14.4 Å². The molecule has 1 heterocycles. The van der Waals surface area contributed by atoms with Crippen LogP contribution in [0.25, 0.3) is 0 Å². The summed E-state index contributed by atoms with van der Waals surface area (Å²) >= 11 is 0. The molecule has 0 fully saturated rings. The van der Waals surface area contributed by atoms with Gasteiger partial charge in [-0.1, -0.05) is 42.5 Å². The topological polar surface area (TPSA) is 123 Å². The summed E-state index contributed by atoms with van der Waals surface area (Å²) in [5.41, 5.74) is 7.92. The fourth-order valence-corrected chi connectivity index (χ4v) is 2.89. The molecular weight excluding hydrogens is 408 g/mol. The zero-order valence-electron chi connectivity index (χ0n) is 17.4. The number of anilines is 2. The van der Waals surface area contributed by atoms with Crippen LogP contribution in [0.5, 0.6) is 0 Å². The van der Waals surface area contributed by atoms with Crippen LogP contribution in [0.4, 0.5) is 11.5 Å². The van der Waals surface area contributed by atoms with E-state index in [2.05, 4.69) is 15.6 Å². The van der Waals surface area contributed by atoms with E-state index in [1.54, 1.807) is 42.5 Å². The Labute approximate surface area is 185 Å². The molecule has 0 aliphatic rings. The van der Waals surface area contributed by atoms with Gasteiger partial charge >= 0.3 is 5.97 Å². The van der Waals surface area contributed by atoms with Gasteiger partial charge in [-0.25, -0.2) is 4.98 Å². The first-order valence-electron chi connectivity index (χ1n) is 10.1. The Bertz CT molecular complexity index is 1090. The van der Waals surface area contributed by atoms with E-state index in [0.717, 1.165) is 5.56 Å². The molecule has 4 N–H and O–H groups in total. The van der Waals surface area contributed by atoms with E-state index in [0.29, 0.717) is 22.8 Å². The summed E-state index contributed by atoms with van der Waals surface area (Å²) < 4.78 is 5.18. The van der Waals surface area contributed by atoms with Crippen LogP contribution >= 0.6 is 0 Å². The zero-order valence-corrected chi connectivity index (χ0v) is 17.4. The van der Waals surface area contributed by atoms with E-state index in [1.807, 2.05) is 30.3 Å². The Morgan fingerprint density at radius 2 is 1.72 bits per heavy atom. The van der Waals surface area contributed by atoms with Crippen molar-refractivity contribution in [3.8, 4) is 0 Å². The van der Waals surface area contributed by atoms with E-state index >= 15 is 0 Å². The lowest BCUT2D eigenvalue weighted by Gasteiger charge is -2.09. The molecule has 164 valence electrons. The van der Waals surface area contributed by atoms with Gasteiger partial charge in [0.1, 0.15) is 12.4 Å². The van der Waals surface area contributed by atoms with Crippen molar-refractivity contribution < 1.29 is 19.1 Å². The van der Waals surface area contributed by atoms with Crippen molar-refractivity contribution in [1.82, 2.24) is 10.3 Å². The highest BCUT2D eigenvalue weighted by atomic mass is 16.5. The van der Waals surface area contributed by atoms with Crippen molar-refractivity contribution in [3.05, 3.63) is 89.6 Å². The van der Waals surface area contributed by atoms with E-state index in [1.165, 1.54) is 0 Å². The van der Waals surface area contributed by atoms with Crippen LogP contribution < -0.4 is 16.4 Å². The number of rotatable bonds is 9. The number of carbonyl (C=O) groups excluding carboxylic acids is 3. The lowest BCUT2D eigenvalue weighted by Crippen LogP contribution is -2.26. The molecule has 32 heavy (non-hydrogen) atoms. The lowest BCUT2D eigenvalue weighted by molar-refractivity contribution is -0.144. The van der Waals surface area contributed by atoms with Gasteiger partial charge in [0.2, 0.25) is 5.91 Å². The zero-order chi connectivity index (χ0) is 22.8. The quantitative estimate of drug-likeness (QED) is 0.447. The van der Waals surface area contributed by atoms with Crippen LogP contribution in [0.1, 0.15) is 28.0 Å². The minimum atomic E-state index is -0.398. The second kappa shape index (κ2) is 11.3. The van der Waals surface area contributed by atoms with Gasteiger partial charge in [0.05, 0.1) is 18.5 Å². The Morgan fingerprint density at radius 3 is 2.50 bits per heavy atom. The monoisotopic (exact) mass is 432 g/mol. The summed E-state index contributed by atoms with van der Waals surface area (Å²) in [6, 6.07) is 21.0. The molecule has 0 aliphatic carbocycles. The summed E-state index contributed by atoms with van der Waals surface area (Å²) in [5.74, 6) is -0.681. The van der Waals surface area contributed by atoms with Gasteiger partial charge < -0.3 is 21.1 Å². The molecule has 0 spiro atoms. The van der Waals surface area contributed by atoms with Crippen LogP contribution in [0.3, 0.4) is 0 Å². The van der Waals surface area contributed by atoms with Crippen LogP contribution in [-0.2, 0) is 27.4 Å². The van der Waals surface area contributed by atoms with Crippen molar-refractivity contribution in [1.29, 1.82) is 0 Å². The van der Waals surface area contributed by atoms with Gasteiger partial charge in [0.15, 0.2) is 0 Å². The van der Waals surface area contributed by atoms with Crippen molar-refractivity contribution in [2.24, 2.45) is 0 Å². The molecule has 0 saturated carbocycles. The number of aromatic nitrogens is 1. The molecule has 8 heteroatoms. The number of nitrogens with one attached hydrogen (secondary N) is 2. The maximum Gasteiger partial charge on any atom is 0.307 e. The number of nitrogens with two attached hydrogens (primary N) is 1. The number of carbonyl (C=O) groups is 3. The van der Waals surface area contributed by atoms with E-state index in [-0.39, 0.29) is 37.8 Å². The van der Waals surface area contributed by atoms with Crippen molar-refractivity contribution >= 4 is 29.3 Å². The first-order chi connectivity index (χ1) is 15.5. The SMILES string of the molecule is Nc1cccc(CC(=O)Nc2cccc(C(=O)NCCC(=O)OCc3ccccc3)c2)n1. The van der Waals surface area contributed by atoms with Crippen molar-refractivity contribution in [3.63, 3.8) is 0 Å². The lowest BCUT2D eigenvalue weighted by atomic mass is 10.1. The molecule has 0 unspecified atom stereocenters. The predicted octanol–water partition coefficient (Wildman–Crippen LogP) is 2.71. The number of amides is 2. The number of ether oxygens (including phenoxy) is 1. The third kappa shape index (κ3) is 7.24. The molecule has 0 aliphatic heterocycles. The second-order valence-electron chi connectivity index (χ2n) is 7.01. The van der Waals surface area contributed by atoms with Gasteiger partial charge in [-0.2, -0.15) is 0 Å². The summed E-state index contributed by atoms with van der Waals surface area (Å²) in [7, 11) is 0. The maximum absolute atomic E-state index is 12.4. The molecule has 0 radical (unpaired) electrons. The second-order valence-corrected chi connectivity index (χ2v) is 7.01. The normalized spacial score (nSPS) is 10.2. The van der Waals surface area contributed by atoms with E-state index in [4.69, 9.17) is 10.5 Å². The average molecular weight is 432 g/mol. The minimum Gasteiger partial charge on any atom is -0.461 e. The summed E-state index contributed by atoms with van der Waals surface area (Å²) in [5, 5.41) is 5.42. The number of hydrogen-bond donors (Lipinski definition) is 3. The van der Waals surface area contributed by atoms with Crippen LogP contribution in [-0.4, -0.2) is 29.3 Å². The molecule has 2 aromatic carbocycles. The average Bonchev–Trinajstić information content (AvgIpc) is 2.78. The minimum absolute atomic E-state index is 0.0577. The number of nitrogens with zero attached hydrogens (tertiary/aromatic N) is 1. The maximum atomic E-state index is 12.4. The van der Waals surface area contributed by atoms with Crippen LogP contribution in [0.2, 0.25) is 0 Å². The van der Waals surface area contributed by atoms with Gasteiger partial charge in [0.25, 0.3) is 5.91 Å². The molecule has 0 atom stereocenters. The third-order valence-corrected chi connectivity index (χ3v) is 4.44. The molecule has 1 aromatic heterocycles. The van der Waals surface area contributed by atoms with Gasteiger partial charge in [-0.15, -0.1) is 0 Å². The van der Waals surface area contributed by atoms with Gasteiger partial charge in [0, 0.05) is 17.8 Å². The standard InChI is InChI=1S/C24H24N4O4/c25-21-11-5-10-20(27-21)15-22(29)28-19-9-4-8-18(14-19)24(31)26-13-12-23(30)32-16-17-6-2-1-3-7-17/h1-11,14H,12-13,15-16H2,(H2,25,27)(H,26,31)(H,28,29). The summed E-state index contributed by atoms with van der Waals surface area (Å²) in [4.78, 5) is 40.6. The largest absolute Gasteiger partial charge is 0.461 e. The number of nitrogen functional groups attached to an aromatic ring is 1. The molecular formula is C24H24N4O4. The fraction of sp³-hybridized carbons (Fsp3) is 0.167. The molecule has 0 bridgehead atoms. The molecule has 3 rings (SSSR count). The smallest absolute Gasteiger partial charge is 0.307 e. The predicted molar refractivity (Wildman–Crippen MR) is 121 cm³/mol. The third-order valence-electron chi connectivity index (χ3n) is 4.44. The first-order valence-corrected chi connectivity index (χ1v) is 10.1. The van der Waals surface area contributed by atoms with Crippen molar-refractivity contribution in [2.45, 2.75) is 19.4 Å². The Balaban J connectivity index is 1.44. The molecule has 0 saturated heterocycles.